The summed E-state index contributed by atoms with van der Waals surface area (Å²) in [6.07, 6.45) is 4.34. The van der Waals surface area contributed by atoms with Crippen LogP contribution in [0.1, 0.15) is 25.7 Å². The summed E-state index contributed by atoms with van der Waals surface area (Å²) in [5.74, 6) is -0.0229. The number of aryl methyl sites for hydroxylation is 1. The van der Waals surface area contributed by atoms with Gasteiger partial charge in [0, 0.05) is 27.2 Å². The van der Waals surface area contributed by atoms with E-state index in [9.17, 15) is 14.4 Å². The fourth-order valence-corrected chi connectivity index (χ4v) is 3.25. The summed E-state index contributed by atoms with van der Waals surface area (Å²) in [6.45, 7) is 1.46. The number of anilines is 1. The lowest BCUT2D eigenvalue weighted by Gasteiger charge is -2.22. The van der Waals surface area contributed by atoms with Crippen molar-refractivity contribution < 1.29 is 4.79 Å². The van der Waals surface area contributed by atoms with Crippen LogP contribution >= 0.6 is 0 Å². The molecule has 0 atom stereocenters. The first-order valence-electron chi connectivity index (χ1n) is 8.11. The number of rotatable bonds is 3. The molecule has 0 bridgehead atoms. The van der Waals surface area contributed by atoms with Crippen LogP contribution in [0.5, 0.6) is 0 Å². The number of fused-ring (bicyclic) bond motifs is 1. The van der Waals surface area contributed by atoms with E-state index < -0.39 is 17.2 Å². The minimum atomic E-state index is -0.554. The van der Waals surface area contributed by atoms with Crippen LogP contribution in [0.25, 0.3) is 11.2 Å². The Morgan fingerprint density at radius 3 is 2.29 bits per heavy atom. The molecule has 24 heavy (non-hydrogen) atoms. The number of hydrogen-bond donors (Lipinski definition) is 1. The summed E-state index contributed by atoms with van der Waals surface area (Å²) in [5, 5.41) is 0. The zero-order valence-corrected chi connectivity index (χ0v) is 14.0. The van der Waals surface area contributed by atoms with Crippen LogP contribution in [0.4, 0.5) is 5.95 Å². The standard InChI is InChI=1S/C15H22N6O3/c1-18-12-11(13(23)19(2)15(18)24)21(9-10(16)22)14(17-12)20-7-5-3-4-6-8-20/h3-9H2,1-2H3,(H2,16,22). The lowest BCUT2D eigenvalue weighted by atomic mass is 10.2. The van der Waals surface area contributed by atoms with Gasteiger partial charge in [0.05, 0.1) is 0 Å². The molecule has 0 spiro atoms. The molecule has 1 amide bonds. The van der Waals surface area contributed by atoms with Crippen LogP contribution in [-0.4, -0.2) is 37.7 Å². The molecular weight excluding hydrogens is 312 g/mol. The molecule has 3 heterocycles. The number of hydrogen-bond acceptors (Lipinski definition) is 5. The highest BCUT2D eigenvalue weighted by Crippen LogP contribution is 2.22. The van der Waals surface area contributed by atoms with Crippen molar-refractivity contribution in [2.75, 3.05) is 18.0 Å². The van der Waals surface area contributed by atoms with Crippen LogP contribution in [0.3, 0.4) is 0 Å². The van der Waals surface area contributed by atoms with Crippen molar-refractivity contribution in [2.24, 2.45) is 19.8 Å². The first-order valence-corrected chi connectivity index (χ1v) is 8.11. The first kappa shape index (κ1) is 16.3. The summed E-state index contributed by atoms with van der Waals surface area (Å²) in [7, 11) is 2.98. The third-order valence-electron chi connectivity index (χ3n) is 4.53. The van der Waals surface area contributed by atoms with E-state index in [1.54, 1.807) is 11.6 Å². The molecule has 2 aromatic rings. The maximum absolute atomic E-state index is 12.6. The molecule has 2 aromatic heterocycles. The average Bonchev–Trinajstić information content (AvgIpc) is 2.73. The molecule has 2 N–H and O–H groups in total. The van der Waals surface area contributed by atoms with Crippen molar-refractivity contribution >= 4 is 23.0 Å². The molecule has 0 aromatic carbocycles. The summed E-state index contributed by atoms with van der Waals surface area (Å²) >= 11 is 0. The highest BCUT2D eigenvalue weighted by molar-refractivity contribution is 5.80. The molecule has 0 unspecified atom stereocenters. The van der Waals surface area contributed by atoms with Gasteiger partial charge in [0.15, 0.2) is 11.2 Å². The number of amides is 1. The van der Waals surface area contributed by atoms with Gasteiger partial charge in [-0.25, -0.2) is 4.79 Å². The SMILES string of the molecule is Cn1c(=O)c2c(nc(N3CCCCCC3)n2CC(N)=O)n(C)c1=O. The highest BCUT2D eigenvalue weighted by atomic mass is 16.2. The predicted octanol–water partition coefficient (Wildman–Crippen LogP) is -0.701. The van der Waals surface area contributed by atoms with Crippen LogP contribution in [-0.2, 0) is 25.4 Å². The second-order valence-corrected chi connectivity index (χ2v) is 6.24. The van der Waals surface area contributed by atoms with Gasteiger partial charge in [-0.2, -0.15) is 4.98 Å². The van der Waals surface area contributed by atoms with Crippen molar-refractivity contribution in [3.05, 3.63) is 20.8 Å². The molecule has 1 fully saturated rings. The quantitative estimate of drug-likeness (QED) is 0.798. The number of carbonyl (C=O) groups is 1. The lowest BCUT2D eigenvalue weighted by molar-refractivity contribution is -0.118. The Kier molecular flexibility index (Phi) is 4.16. The molecule has 1 aliphatic rings. The van der Waals surface area contributed by atoms with Gasteiger partial charge in [0.2, 0.25) is 11.9 Å². The molecule has 3 rings (SSSR count). The van der Waals surface area contributed by atoms with Crippen molar-refractivity contribution in [2.45, 2.75) is 32.2 Å². The molecule has 9 heteroatoms. The van der Waals surface area contributed by atoms with E-state index in [-0.39, 0.29) is 17.7 Å². The maximum atomic E-state index is 12.6. The summed E-state index contributed by atoms with van der Waals surface area (Å²) in [4.78, 5) is 42.9. The summed E-state index contributed by atoms with van der Waals surface area (Å²) in [6, 6.07) is 0. The molecule has 130 valence electrons. The monoisotopic (exact) mass is 334 g/mol. The third-order valence-corrected chi connectivity index (χ3v) is 4.53. The Morgan fingerprint density at radius 1 is 1.08 bits per heavy atom. The second kappa shape index (κ2) is 6.14. The van der Waals surface area contributed by atoms with Crippen LogP contribution < -0.4 is 21.9 Å². The van der Waals surface area contributed by atoms with Gasteiger partial charge < -0.3 is 10.6 Å². The topological polar surface area (TPSA) is 108 Å². The van der Waals surface area contributed by atoms with Crippen molar-refractivity contribution in [1.29, 1.82) is 0 Å². The molecule has 0 saturated carbocycles. The van der Waals surface area contributed by atoms with Gasteiger partial charge in [-0.1, -0.05) is 12.8 Å². The van der Waals surface area contributed by atoms with Gasteiger partial charge in [-0.3, -0.25) is 23.3 Å². The van der Waals surface area contributed by atoms with Crippen molar-refractivity contribution in [1.82, 2.24) is 18.7 Å². The van der Waals surface area contributed by atoms with Gasteiger partial charge in [0.1, 0.15) is 6.54 Å². The van der Waals surface area contributed by atoms with Gasteiger partial charge >= 0.3 is 5.69 Å². The van der Waals surface area contributed by atoms with Gasteiger partial charge in [0.25, 0.3) is 5.56 Å². The van der Waals surface area contributed by atoms with Crippen LogP contribution in [0.15, 0.2) is 9.59 Å². The minimum Gasteiger partial charge on any atom is -0.368 e. The predicted molar refractivity (Wildman–Crippen MR) is 90.1 cm³/mol. The van der Waals surface area contributed by atoms with Crippen LogP contribution in [0, 0.1) is 0 Å². The largest absolute Gasteiger partial charge is 0.368 e. The van der Waals surface area contributed by atoms with E-state index in [1.165, 1.54) is 11.6 Å². The zero-order chi connectivity index (χ0) is 17.4. The summed E-state index contributed by atoms with van der Waals surface area (Å²) < 4.78 is 3.90. The molecule has 1 saturated heterocycles. The zero-order valence-electron chi connectivity index (χ0n) is 14.0. The Hall–Kier alpha value is -2.58. The first-order chi connectivity index (χ1) is 11.4. The van der Waals surface area contributed by atoms with Gasteiger partial charge in [-0.15, -0.1) is 0 Å². The van der Waals surface area contributed by atoms with Crippen LogP contribution in [0.2, 0.25) is 0 Å². The number of nitrogens with two attached hydrogens (primary N) is 1. The molecule has 0 radical (unpaired) electrons. The minimum absolute atomic E-state index is 0.143. The Bertz CT molecular complexity index is 899. The fourth-order valence-electron chi connectivity index (χ4n) is 3.25. The number of carbonyl (C=O) groups excluding carboxylic acids is 1. The normalized spacial score (nSPS) is 15.7. The van der Waals surface area contributed by atoms with E-state index in [1.807, 2.05) is 0 Å². The Morgan fingerprint density at radius 2 is 1.71 bits per heavy atom. The van der Waals surface area contributed by atoms with E-state index in [4.69, 9.17) is 5.73 Å². The molecule has 9 nitrogen and oxygen atoms in total. The van der Waals surface area contributed by atoms with Crippen molar-refractivity contribution in [3.8, 4) is 0 Å². The molecule has 1 aliphatic heterocycles. The third kappa shape index (κ3) is 2.59. The number of nitrogens with zero attached hydrogens (tertiary/aromatic N) is 5. The Balaban J connectivity index is 2.30. The van der Waals surface area contributed by atoms with E-state index in [2.05, 4.69) is 9.88 Å². The van der Waals surface area contributed by atoms with E-state index >= 15 is 0 Å². The Labute approximate surface area is 138 Å². The number of aromatic nitrogens is 4. The smallest absolute Gasteiger partial charge is 0.332 e. The maximum Gasteiger partial charge on any atom is 0.332 e. The fraction of sp³-hybridized carbons (Fsp3) is 0.600. The van der Waals surface area contributed by atoms with Crippen molar-refractivity contribution in [3.63, 3.8) is 0 Å². The number of primary amides is 1. The number of imidazole rings is 1. The average molecular weight is 334 g/mol. The van der Waals surface area contributed by atoms with E-state index in [0.29, 0.717) is 5.95 Å². The lowest BCUT2D eigenvalue weighted by Crippen LogP contribution is -2.38. The molecule has 0 aliphatic carbocycles. The van der Waals surface area contributed by atoms with Gasteiger partial charge in [-0.05, 0) is 12.8 Å². The summed E-state index contributed by atoms with van der Waals surface area (Å²) in [5.41, 5.74) is 4.98. The molecular formula is C15H22N6O3. The highest BCUT2D eigenvalue weighted by Gasteiger charge is 2.24. The van der Waals surface area contributed by atoms with E-state index in [0.717, 1.165) is 43.3 Å². The second-order valence-electron chi connectivity index (χ2n) is 6.24.